The summed E-state index contributed by atoms with van der Waals surface area (Å²) in [7, 11) is 0. The minimum absolute atomic E-state index is 0.213. The van der Waals surface area contributed by atoms with Crippen LogP contribution in [0, 0.1) is 12.8 Å². The summed E-state index contributed by atoms with van der Waals surface area (Å²) in [5, 5.41) is 18.4. The summed E-state index contributed by atoms with van der Waals surface area (Å²) < 4.78 is 7.98. The van der Waals surface area contributed by atoms with Gasteiger partial charge in [-0.2, -0.15) is 0 Å². The van der Waals surface area contributed by atoms with E-state index >= 15 is 0 Å². The first kappa shape index (κ1) is 25.9. The molecule has 2 N–H and O–H groups in total. The molecular weight excluding hydrogens is 476 g/mol. The van der Waals surface area contributed by atoms with E-state index in [1.807, 2.05) is 49.4 Å². The van der Waals surface area contributed by atoms with Gasteiger partial charge < -0.3 is 15.2 Å². The molecule has 1 saturated carbocycles. The molecule has 0 spiro atoms. The number of anilines is 1. The molecule has 7 nitrogen and oxygen atoms in total. The maximum absolute atomic E-state index is 12.7. The smallest absolute Gasteiger partial charge is 0.239 e. The van der Waals surface area contributed by atoms with Gasteiger partial charge >= 0.3 is 0 Å². The van der Waals surface area contributed by atoms with Gasteiger partial charge in [-0.1, -0.05) is 38.1 Å². The third-order valence-electron chi connectivity index (χ3n) is 6.90. The molecular formula is C31H36N4O3. The van der Waals surface area contributed by atoms with Crippen molar-refractivity contribution in [2.75, 3.05) is 11.9 Å². The number of carbonyl (C=O) groups excluding carboxylic acids is 1. The normalized spacial score (nSPS) is 13.8. The molecule has 2 heterocycles. The van der Waals surface area contributed by atoms with E-state index in [2.05, 4.69) is 30.2 Å². The Morgan fingerprint density at radius 2 is 1.97 bits per heavy atom. The average molecular weight is 513 g/mol. The Bertz CT molecular complexity index is 1480. The number of ether oxygens (including phenoxy) is 1. The van der Waals surface area contributed by atoms with Gasteiger partial charge in [-0.25, -0.2) is 9.50 Å². The predicted octanol–water partition coefficient (Wildman–Crippen LogP) is 6.79. The fraction of sp³-hybridized carbons (Fsp3) is 0.387. The molecule has 0 unspecified atom stereocenters. The van der Waals surface area contributed by atoms with Crippen molar-refractivity contribution in [2.24, 2.45) is 5.92 Å². The van der Waals surface area contributed by atoms with Crippen molar-refractivity contribution in [1.29, 1.82) is 0 Å². The van der Waals surface area contributed by atoms with Gasteiger partial charge in [0, 0.05) is 30.2 Å². The topological polar surface area (TPSA) is 88.8 Å². The van der Waals surface area contributed by atoms with E-state index < -0.39 is 5.60 Å². The number of hydrogen-bond acceptors (Lipinski definition) is 6. The molecule has 2 aromatic carbocycles. The molecule has 7 heteroatoms. The molecule has 2 aromatic heterocycles. The molecule has 0 aliphatic heterocycles. The van der Waals surface area contributed by atoms with E-state index in [1.54, 1.807) is 24.6 Å². The van der Waals surface area contributed by atoms with Crippen LogP contribution in [0.15, 0.2) is 54.7 Å². The van der Waals surface area contributed by atoms with E-state index in [4.69, 9.17) is 9.84 Å². The number of nitrogens with zero attached hydrogens (tertiary/aromatic N) is 3. The highest BCUT2D eigenvalue weighted by Crippen LogP contribution is 2.35. The number of benzene rings is 2. The number of imidazole rings is 1. The molecule has 1 fully saturated rings. The third kappa shape index (κ3) is 5.89. The van der Waals surface area contributed by atoms with Crippen LogP contribution in [0.4, 0.5) is 5.69 Å². The van der Waals surface area contributed by atoms with Gasteiger partial charge in [0.15, 0.2) is 11.4 Å². The second-order valence-electron chi connectivity index (χ2n) is 11.4. The first-order valence-electron chi connectivity index (χ1n) is 13.3. The summed E-state index contributed by atoms with van der Waals surface area (Å²) in [6.45, 7) is 10.1. The van der Waals surface area contributed by atoms with Crippen LogP contribution >= 0.6 is 0 Å². The minimum atomic E-state index is -0.914. The van der Waals surface area contributed by atoms with Crippen LogP contribution in [0.5, 0.6) is 11.6 Å². The molecule has 0 bridgehead atoms. The van der Waals surface area contributed by atoms with Gasteiger partial charge in [-0.3, -0.25) is 4.79 Å². The first-order chi connectivity index (χ1) is 18.1. The lowest BCUT2D eigenvalue weighted by molar-refractivity contribution is 0.0943. The highest BCUT2D eigenvalue weighted by atomic mass is 16.5. The van der Waals surface area contributed by atoms with Crippen molar-refractivity contribution in [3.8, 4) is 22.9 Å². The van der Waals surface area contributed by atoms with Crippen molar-refractivity contribution in [1.82, 2.24) is 14.6 Å². The fourth-order valence-electron chi connectivity index (χ4n) is 4.52. The number of aromatic nitrogens is 3. The maximum atomic E-state index is 12.7. The number of aliphatic hydroxyl groups is 1. The van der Waals surface area contributed by atoms with Gasteiger partial charge in [0.05, 0.1) is 23.2 Å². The van der Waals surface area contributed by atoms with Crippen LogP contribution in [0.1, 0.15) is 74.4 Å². The number of Topliss-reactive ketones (excluding diaryl/α,β-unsaturated/α-hetero) is 1. The lowest BCUT2D eigenvalue weighted by atomic mass is 9.98. The van der Waals surface area contributed by atoms with Crippen LogP contribution in [-0.2, 0) is 0 Å². The highest BCUT2D eigenvalue weighted by molar-refractivity contribution is 5.98. The predicted molar refractivity (Wildman–Crippen MR) is 150 cm³/mol. The lowest BCUT2D eigenvalue weighted by Gasteiger charge is -2.19. The summed E-state index contributed by atoms with van der Waals surface area (Å²) in [5.41, 5.74) is 5.03. The number of hydrogen-bond donors (Lipinski definition) is 2. The van der Waals surface area contributed by atoms with Crippen molar-refractivity contribution in [3.63, 3.8) is 0 Å². The van der Waals surface area contributed by atoms with Crippen LogP contribution in [0.2, 0.25) is 0 Å². The molecule has 1 aliphatic rings. The van der Waals surface area contributed by atoms with Gasteiger partial charge in [-0.05, 0) is 74.8 Å². The SMILES string of the molecule is Cc1cc(-c2cnc3c(NCC(C)(C)O)cc(Oc4cccc(C(C)C)c4)nn23)ccc1C(=O)CC1CC1. The quantitative estimate of drug-likeness (QED) is 0.228. The standard InChI is InChI=1S/C31H36N4O3/c1-19(2)22-7-6-8-24(15-22)38-29-16-26(33-18-31(4,5)37)30-32-17-27(35(30)34-29)23-11-12-25(20(3)13-23)28(36)14-21-9-10-21/h6-8,11-13,15-17,19,21,33,37H,9-10,14,18H2,1-5H3. The highest BCUT2D eigenvalue weighted by Gasteiger charge is 2.26. The summed E-state index contributed by atoms with van der Waals surface area (Å²) in [6, 6.07) is 15.7. The largest absolute Gasteiger partial charge is 0.437 e. The average Bonchev–Trinajstić information content (AvgIpc) is 3.57. The fourth-order valence-corrected chi connectivity index (χ4v) is 4.52. The van der Waals surface area contributed by atoms with Crippen molar-refractivity contribution in [2.45, 2.75) is 65.4 Å². The number of nitrogens with one attached hydrogen (secondary N) is 1. The Labute approximate surface area is 223 Å². The number of ketones is 1. The van der Waals surface area contributed by atoms with Gasteiger partial charge in [0.1, 0.15) is 5.75 Å². The maximum Gasteiger partial charge on any atom is 0.239 e. The zero-order valence-electron chi connectivity index (χ0n) is 22.8. The number of fused-ring (bicyclic) bond motifs is 1. The third-order valence-corrected chi connectivity index (χ3v) is 6.90. The summed E-state index contributed by atoms with van der Waals surface area (Å²) >= 11 is 0. The first-order valence-corrected chi connectivity index (χ1v) is 13.3. The minimum Gasteiger partial charge on any atom is -0.437 e. The monoisotopic (exact) mass is 512 g/mol. The van der Waals surface area contributed by atoms with Crippen LogP contribution < -0.4 is 10.1 Å². The number of rotatable bonds is 10. The molecule has 0 amide bonds. The second kappa shape index (κ2) is 10.2. The number of aryl methyl sites for hydroxylation is 1. The Morgan fingerprint density at radius 3 is 2.66 bits per heavy atom. The van der Waals surface area contributed by atoms with Gasteiger partial charge in [0.25, 0.3) is 0 Å². The van der Waals surface area contributed by atoms with Crippen LogP contribution in [0.25, 0.3) is 16.9 Å². The molecule has 0 atom stereocenters. The van der Waals surface area contributed by atoms with Gasteiger partial charge in [-0.15, -0.1) is 5.10 Å². The van der Waals surface area contributed by atoms with E-state index in [9.17, 15) is 9.90 Å². The van der Waals surface area contributed by atoms with Crippen LogP contribution in [-0.4, -0.2) is 37.6 Å². The Morgan fingerprint density at radius 1 is 1.18 bits per heavy atom. The molecule has 0 radical (unpaired) electrons. The Kier molecular flexibility index (Phi) is 6.97. The zero-order chi connectivity index (χ0) is 27.0. The number of carbonyl (C=O) groups is 1. The van der Waals surface area contributed by atoms with Crippen molar-refractivity contribution >= 4 is 17.1 Å². The molecule has 198 valence electrons. The van der Waals surface area contributed by atoms with Crippen LogP contribution in [0.3, 0.4) is 0 Å². The zero-order valence-corrected chi connectivity index (χ0v) is 22.8. The molecule has 5 rings (SSSR count). The molecule has 4 aromatic rings. The summed E-state index contributed by atoms with van der Waals surface area (Å²) in [6.07, 6.45) is 4.73. The molecule has 1 aliphatic carbocycles. The summed E-state index contributed by atoms with van der Waals surface area (Å²) in [5.74, 6) is 2.25. The van der Waals surface area contributed by atoms with Crippen molar-refractivity contribution in [3.05, 3.63) is 71.4 Å². The van der Waals surface area contributed by atoms with E-state index in [1.165, 1.54) is 5.56 Å². The molecule has 38 heavy (non-hydrogen) atoms. The van der Waals surface area contributed by atoms with E-state index in [0.717, 1.165) is 35.2 Å². The summed E-state index contributed by atoms with van der Waals surface area (Å²) in [4.78, 5) is 17.4. The Balaban J connectivity index is 1.53. The van der Waals surface area contributed by atoms with E-state index in [-0.39, 0.29) is 5.78 Å². The Hall–Kier alpha value is -3.71. The second-order valence-corrected chi connectivity index (χ2v) is 11.4. The molecule has 0 saturated heterocycles. The van der Waals surface area contributed by atoms with E-state index in [0.29, 0.717) is 47.8 Å². The van der Waals surface area contributed by atoms with Crippen molar-refractivity contribution < 1.29 is 14.6 Å². The lowest BCUT2D eigenvalue weighted by Crippen LogP contribution is -2.29. The van der Waals surface area contributed by atoms with Gasteiger partial charge in [0.2, 0.25) is 5.88 Å².